The lowest BCUT2D eigenvalue weighted by Gasteiger charge is -2.59. The molecule has 1 atom stereocenters. The highest BCUT2D eigenvalue weighted by molar-refractivity contribution is 5.12. The van der Waals surface area contributed by atoms with Gasteiger partial charge in [0.05, 0.1) is 0 Å². The number of hydrogen-bond acceptors (Lipinski definition) is 1. The molecule has 0 spiro atoms. The van der Waals surface area contributed by atoms with Crippen LogP contribution in [-0.2, 0) is 0 Å². The Morgan fingerprint density at radius 2 is 1.57 bits per heavy atom. The molecule has 1 saturated heterocycles. The molecule has 0 aromatic rings. The average molecular weight is 195 g/mol. The van der Waals surface area contributed by atoms with Gasteiger partial charge in [-0.1, -0.05) is 19.9 Å². The maximum atomic E-state index is 3.98. The molecule has 1 aliphatic rings. The summed E-state index contributed by atoms with van der Waals surface area (Å²) in [5.74, 6) is 0. The lowest BCUT2D eigenvalue weighted by atomic mass is 9.63. The lowest BCUT2D eigenvalue weighted by Crippen LogP contribution is -2.64. The maximum absolute atomic E-state index is 3.98. The smallest absolute Gasteiger partial charge is 0.0363 e. The fourth-order valence-electron chi connectivity index (χ4n) is 2.37. The minimum absolute atomic E-state index is 0.166. The Morgan fingerprint density at radius 3 is 2.00 bits per heavy atom. The highest BCUT2D eigenvalue weighted by atomic mass is 15.2. The van der Waals surface area contributed by atoms with Crippen molar-refractivity contribution in [1.82, 2.24) is 4.90 Å². The molecule has 0 bridgehead atoms. The van der Waals surface area contributed by atoms with Crippen molar-refractivity contribution >= 4 is 0 Å². The number of likely N-dealkylation sites (tertiary alicyclic amines) is 1. The third kappa shape index (κ3) is 1.42. The largest absolute Gasteiger partial charge is 0.292 e. The van der Waals surface area contributed by atoms with E-state index in [1.54, 1.807) is 0 Å². The van der Waals surface area contributed by atoms with E-state index in [9.17, 15) is 0 Å². The monoisotopic (exact) mass is 195 g/mol. The van der Waals surface area contributed by atoms with Gasteiger partial charge in [0.2, 0.25) is 0 Å². The standard InChI is InChI=1S/C13H25N/c1-8-13(6)10-9-11(2,3)12(4,5)14(13)7/h8H,1,9-10H2,2-7H3. The Bertz CT molecular complexity index is 240. The first-order valence-electron chi connectivity index (χ1n) is 5.55. The Kier molecular flexibility index (Phi) is 2.60. The van der Waals surface area contributed by atoms with Crippen LogP contribution in [0.5, 0.6) is 0 Å². The molecular formula is C13H25N. The van der Waals surface area contributed by atoms with Crippen molar-refractivity contribution in [2.75, 3.05) is 7.05 Å². The van der Waals surface area contributed by atoms with E-state index < -0.39 is 0 Å². The minimum Gasteiger partial charge on any atom is -0.292 e. The zero-order valence-corrected chi connectivity index (χ0v) is 10.6. The minimum atomic E-state index is 0.166. The molecule has 0 saturated carbocycles. The van der Waals surface area contributed by atoms with Gasteiger partial charge in [-0.3, -0.25) is 4.90 Å². The van der Waals surface area contributed by atoms with Gasteiger partial charge in [-0.2, -0.15) is 0 Å². The quantitative estimate of drug-likeness (QED) is 0.579. The van der Waals surface area contributed by atoms with Crippen LogP contribution >= 0.6 is 0 Å². The molecule has 1 unspecified atom stereocenters. The van der Waals surface area contributed by atoms with E-state index in [1.807, 2.05) is 0 Å². The maximum Gasteiger partial charge on any atom is 0.0363 e. The van der Waals surface area contributed by atoms with Crippen LogP contribution in [-0.4, -0.2) is 23.0 Å². The van der Waals surface area contributed by atoms with Crippen LogP contribution in [0.25, 0.3) is 0 Å². The summed E-state index contributed by atoms with van der Waals surface area (Å²) >= 11 is 0. The average Bonchev–Trinajstić information content (AvgIpc) is 2.11. The summed E-state index contributed by atoms with van der Waals surface area (Å²) in [6.45, 7) is 15.7. The van der Waals surface area contributed by atoms with Gasteiger partial charge in [0.1, 0.15) is 0 Å². The van der Waals surface area contributed by atoms with Crippen LogP contribution < -0.4 is 0 Å². The number of nitrogens with zero attached hydrogens (tertiary/aromatic N) is 1. The fraction of sp³-hybridized carbons (Fsp3) is 0.846. The summed E-state index contributed by atoms with van der Waals surface area (Å²) < 4.78 is 0. The van der Waals surface area contributed by atoms with E-state index >= 15 is 0 Å². The van der Waals surface area contributed by atoms with E-state index in [4.69, 9.17) is 0 Å². The number of hydrogen-bond donors (Lipinski definition) is 0. The molecule has 0 amide bonds. The summed E-state index contributed by atoms with van der Waals surface area (Å²) in [5, 5.41) is 0. The Morgan fingerprint density at radius 1 is 1.07 bits per heavy atom. The Labute approximate surface area is 89.2 Å². The second-order valence-electron chi connectivity index (χ2n) is 6.06. The summed E-state index contributed by atoms with van der Waals surface area (Å²) in [6.07, 6.45) is 4.58. The molecule has 0 radical (unpaired) electrons. The van der Waals surface area contributed by atoms with Gasteiger partial charge in [0.15, 0.2) is 0 Å². The van der Waals surface area contributed by atoms with Crippen molar-refractivity contribution in [1.29, 1.82) is 0 Å². The van der Waals surface area contributed by atoms with Crippen LogP contribution in [0.4, 0.5) is 0 Å². The van der Waals surface area contributed by atoms with E-state index in [1.165, 1.54) is 12.8 Å². The molecule has 0 aromatic heterocycles. The van der Waals surface area contributed by atoms with Crippen LogP contribution in [0.15, 0.2) is 12.7 Å². The van der Waals surface area contributed by atoms with E-state index in [-0.39, 0.29) is 11.1 Å². The summed E-state index contributed by atoms with van der Waals surface area (Å²) in [6, 6.07) is 0. The SMILES string of the molecule is C=CC1(C)CCC(C)(C)C(C)(C)N1C. The first-order chi connectivity index (χ1) is 6.17. The molecule has 0 aromatic carbocycles. The Hall–Kier alpha value is -0.300. The molecule has 1 rings (SSSR count). The Balaban J connectivity index is 3.07. The van der Waals surface area contributed by atoms with Gasteiger partial charge in [-0.25, -0.2) is 0 Å². The third-order valence-corrected chi connectivity index (χ3v) is 4.96. The summed E-state index contributed by atoms with van der Waals surface area (Å²) in [4.78, 5) is 2.48. The summed E-state index contributed by atoms with van der Waals surface area (Å²) in [7, 11) is 2.22. The predicted molar refractivity (Wildman–Crippen MR) is 63.5 cm³/mol. The third-order valence-electron chi connectivity index (χ3n) is 4.96. The van der Waals surface area contributed by atoms with Crippen molar-refractivity contribution in [3.63, 3.8) is 0 Å². The predicted octanol–water partition coefficient (Wildman–Crippen LogP) is 3.46. The van der Waals surface area contributed by atoms with Crippen molar-refractivity contribution < 1.29 is 0 Å². The molecule has 14 heavy (non-hydrogen) atoms. The van der Waals surface area contributed by atoms with Crippen LogP contribution in [0.2, 0.25) is 0 Å². The van der Waals surface area contributed by atoms with Crippen LogP contribution in [0.1, 0.15) is 47.5 Å². The van der Waals surface area contributed by atoms with Gasteiger partial charge >= 0.3 is 0 Å². The second kappa shape index (κ2) is 3.10. The van der Waals surface area contributed by atoms with Crippen LogP contribution in [0.3, 0.4) is 0 Å². The number of rotatable bonds is 1. The zero-order valence-electron chi connectivity index (χ0n) is 10.6. The first-order valence-corrected chi connectivity index (χ1v) is 5.55. The van der Waals surface area contributed by atoms with Crippen molar-refractivity contribution in [3.8, 4) is 0 Å². The number of piperidine rings is 1. The highest BCUT2D eigenvalue weighted by Gasteiger charge is 2.49. The molecule has 1 heteroatoms. The number of likely N-dealkylation sites (N-methyl/N-ethyl adjacent to an activating group) is 1. The van der Waals surface area contributed by atoms with E-state index in [2.05, 4.69) is 59.2 Å². The van der Waals surface area contributed by atoms with Crippen molar-refractivity contribution in [2.45, 2.75) is 58.5 Å². The molecular weight excluding hydrogens is 170 g/mol. The molecule has 1 heterocycles. The second-order valence-corrected chi connectivity index (χ2v) is 6.06. The van der Waals surface area contributed by atoms with Crippen molar-refractivity contribution in [2.24, 2.45) is 5.41 Å². The molecule has 0 N–H and O–H groups in total. The zero-order chi connectivity index (χ0) is 11.2. The van der Waals surface area contributed by atoms with Gasteiger partial charge in [-0.05, 0) is 46.1 Å². The van der Waals surface area contributed by atoms with Gasteiger partial charge in [0, 0.05) is 11.1 Å². The van der Waals surface area contributed by atoms with Gasteiger partial charge < -0.3 is 0 Å². The highest BCUT2D eigenvalue weighted by Crippen LogP contribution is 2.48. The van der Waals surface area contributed by atoms with E-state index in [0.717, 1.165) is 0 Å². The van der Waals surface area contributed by atoms with Gasteiger partial charge in [-0.15, -0.1) is 6.58 Å². The van der Waals surface area contributed by atoms with Crippen LogP contribution in [0, 0.1) is 5.41 Å². The summed E-state index contributed by atoms with van der Waals surface area (Å²) in [5.41, 5.74) is 0.775. The topological polar surface area (TPSA) is 3.24 Å². The van der Waals surface area contributed by atoms with Crippen molar-refractivity contribution in [3.05, 3.63) is 12.7 Å². The molecule has 82 valence electrons. The fourth-order valence-corrected chi connectivity index (χ4v) is 2.37. The molecule has 1 aliphatic heterocycles. The molecule has 1 nitrogen and oxygen atoms in total. The first kappa shape index (κ1) is 11.8. The normalized spacial score (nSPS) is 36.7. The van der Waals surface area contributed by atoms with E-state index in [0.29, 0.717) is 5.41 Å². The lowest BCUT2D eigenvalue weighted by molar-refractivity contribution is -0.0733. The molecule has 0 aliphatic carbocycles. The van der Waals surface area contributed by atoms with Gasteiger partial charge in [0.25, 0.3) is 0 Å². The molecule has 1 fully saturated rings.